The molecule has 1 aromatic heterocycles. The molecule has 106 valence electrons. The van der Waals surface area contributed by atoms with E-state index in [1.165, 1.54) is 12.1 Å². The summed E-state index contributed by atoms with van der Waals surface area (Å²) in [5.74, 6) is -0.0207. The van der Waals surface area contributed by atoms with E-state index in [0.29, 0.717) is 17.1 Å². The molecule has 1 aliphatic heterocycles. The number of benzene rings is 1. The first kappa shape index (κ1) is 13.0. The second-order valence-electron chi connectivity index (χ2n) is 4.98. The molecule has 0 radical (unpaired) electrons. The van der Waals surface area contributed by atoms with E-state index in [1.807, 2.05) is 6.92 Å². The summed E-state index contributed by atoms with van der Waals surface area (Å²) in [4.78, 5) is 0. The van der Waals surface area contributed by atoms with Crippen molar-refractivity contribution < 1.29 is 9.13 Å². The van der Waals surface area contributed by atoms with E-state index in [1.54, 1.807) is 10.7 Å². The first-order valence-electron chi connectivity index (χ1n) is 6.61. The average Bonchev–Trinajstić information content (AvgIpc) is 3.11. The molecule has 0 saturated carbocycles. The van der Waals surface area contributed by atoms with Crippen LogP contribution in [0.1, 0.15) is 25.8 Å². The molecule has 0 spiro atoms. The molecule has 2 atom stereocenters. The number of nitrogen functional groups attached to an aromatic ring is 1. The van der Waals surface area contributed by atoms with Crippen molar-refractivity contribution in [3.63, 3.8) is 0 Å². The van der Waals surface area contributed by atoms with Gasteiger partial charge in [-0.25, -0.2) is 9.07 Å². The van der Waals surface area contributed by atoms with Crippen LogP contribution in [-0.2, 0) is 4.74 Å². The zero-order valence-corrected chi connectivity index (χ0v) is 11.2. The van der Waals surface area contributed by atoms with Gasteiger partial charge in [0.1, 0.15) is 5.82 Å². The first-order valence-corrected chi connectivity index (χ1v) is 6.61. The maximum atomic E-state index is 14.0. The Kier molecular flexibility index (Phi) is 3.35. The minimum absolute atomic E-state index is 0.0525. The number of hydrogen-bond donors (Lipinski definition) is 1. The molecular weight excluding hydrogens is 261 g/mol. The second-order valence-corrected chi connectivity index (χ2v) is 4.98. The molecule has 1 saturated heterocycles. The number of rotatable bonds is 3. The molecule has 0 bridgehead atoms. The Bertz CT molecular complexity index is 609. The van der Waals surface area contributed by atoms with Crippen molar-refractivity contribution in [2.45, 2.75) is 31.9 Å². The van der Waals surface area contributed by atoms with E-state index in [4.69, 9.17) is 10.5 Å². The Labute approximate surface area is 115 Å². The maximum Gasteiger partial charge on any atom is 0.185 e. The van der Waals surface area contributed by atoms with Crippen LogP contribution in [0, 0.1) is 5.82 Å². The van der Waals surface area contributed by atoms with Gasteiger partial charge in [-0.05, 0) is 48.4 Å². The van der Waals surface area contributed by atoms with Gasteiger partial charge in [0.15, 0.2) is 5.82 Å². The summed E-state index contributed by atoms with van der Waals surface area (Å²) in [5.41, 5.74) is 6.49. The number of ether oxygens (including phenoxy) is 1. The van der Waals surface area contributed by atoms with Gasteiger partial charge in [0.05, 0.1) is 17.7 Å². The van der Waals surface area contributed by atoms with Crippen molar-refractivity contribution in [1.29, 1.82) is 0 Å². The summed E-state index contributed by atoms with van der Waals surface area (Å²) in [7, 11) is 0. The highest BCUT2D eigenvalue weighted by Crippen LogP contribution is 2.29. The lowest BCUT2D eigenvalue weighted by Crippen LogP contribution is -2.23. The summed E-state index contributed by atoms with van der Waals surface area (Å²) in [6.45, 7) is 2.72. The third-order valence-corrected chi connectivity index (χ3v) is 3.61. The number of tetrazole rings is 1. The van der Waals surface area contributed by atoms with Gasteiger partial charge in [0.25, 0.3) is 0 Å². The summed E-state index contributed by atoms with van der Waals surface area (Å²) in [6.07, 6.45) is 2.04. The van der Waals surface area contributed by atoms with Crippen LogP contribution in [-0.4, -0.2) is 32.9 Å². The molecule has 20 heavy (non-hydrogen) atoms. The summed E-state index contributed by atoms with van der Waals surface area (Å²) in [5, 5.41) is 11.6. The molecule has 1 aliphatic rings. The third kappa shape index (κ3) is 2.24. The molecule has 0 aliphatic carbocycles. The van der Waals surface area contributed by atoms with Gasteiger partial charge in [-0.1, -0.05) is 0 Å². The fourth-order valence-electron chi connectivity index (χ4n) is 2.50. The van der Waals surface area contributed by atoms with E-state index in [9.17, 15) is 4.39 Å². The maximum absolute atomic E-state index is 14.0. The molecule has 2 heterocycles. The van der Waals surface area contributed by atoms with E-state index >= 15 is 0 Å². The Hall–Kier alpha value is -2.02. The molecule has 2 N–H and O–H groups in total. The number of anilines is 1. The normalized spacial score (nSPS) is 20.2. The highest BCUT2D eigenvalue weighted by molar-refractivity contribution is 5.61. The van der Waals surface area contributed by atoms with E-state index in [0.717, 1.165) is 19.4 Å². The first-order chi connectivity index (χ1) is 9.66. The minimum Gasteiger partial charge on any atom is -0.399 e. The molecule has 1 aromatic carbocycles. The number of nitrogens with zero attached hydrogens (tertiary/aromatic N) is 4. The van der Waals surface area contributed by atoms with Crippen molar-refractivity contribution in [3.8, 4) is 11.4 Å². The van der Waals surface area contributed by atoms with Crippen molar-refractivity contribution in [2.75, 3.05) is 12.3 Å². The van der Waals surface area contributed by atoms with Gasteiger partial charge in [0.2, 0.25) is 0 Å². The monoisotopic (exact) mass is 277 g/mol. The third-order valence-electron chi connectivity index (χ3n) is 3.61. The summed E-state index contributed by atoms with van der Waals surface area (Å²) >= 11 is 0. The molecule has 2 aromatic rings. The fraction of sp³-hybridized carbons (Fsp3) is 0.462. The smallest absolute Gasteiger partial charge is 0.185 e. The standard InChI is InChI=1S/C13H16FN5O/c1-8(12-3-2-6-20-12)19-13(16-17-18-19)10-7-9(15)4-5-11(10)14/h4-5,7-8,12H,2-3,6,15H2,1H3. The number of aromatic nitrogens is 4. The largest absolute Gasteiger partial charge is 0.399 e. The minimum atomic E-state index is -0.394. The second kappa shape index (κ2) is 5.16. The highest BCUT2D eigenvalue weighted by atomic mass is 19.1. The predicted octanol–water partition coefficient (Wildman–Crippen LogP) is 1.80. The van der Waals surface area contributed by atoms with Crippen LogP contribution < -0.4 is 5.73 Å². The fourth-order valence-corrected chi connectivity index (χ4v) is 2.50. The van der Waals surface area contributed by atoms with Crippen LogP contribution in [0.15, 0.2) is 18.2 Å². The average molecular weight is 277 g/mol. The number of hydrogen-bond acceptors (Lipinski definition) is 5. The van der Waals surface area contributed by atoms with Crippen molar-refractivity contribution in [2.24, 2.45) is 0 Å². The van der Waals surface area contributed by atoms with Crippen molar-refractivity contribution in [1.82, 2.24) is 20.2 Å². The van der Waals surface area contributed by atoms with Gasteiger partial charge < -0.3 is 10.5 Å². The van der Waals surface area contributed by atoms with Crippen LogP contribution in [0.2, 0.25) is 0 Å². The zero-order valence-electron chi connectivity index (χ0n) is 11.2. The van der Waals surface area contributed by atoms with Crippen molar-refractivity contribution >= 4 is 5.69 Å². The van der Waals surface area contributed by atoms with Crippen LogP contribution in [0.3, 0.4) is 0 Å². The van der Waals surface area contributed by atoms with E-state index in [2.05, 4.69) is 15.5 Å². The van der Waals surface area contributed by atoms with Gasteiger partial charge >= 0.3 is 0 Å². The molecule has 0 amide bonds. The topological polar surface area (TPSA) is 78.8 Å². The van der Waals surface area contributed by atoms with Crippen LogP contribution >= 0.6 is 0 Å². The van der Waals surface area contributed by atoms with Crippen molar-refractivity contribution in [3.05, 3.63) is 24.0 Å². The number of nitrogens with two attached hydrogens (primary N) is 1. The molecule has 1 fully saturated rings. The SMILES string of the molecule is CC(C1CCCO1)n1nnnc1-c1cc(N)ccc1F. The molecule has 6 nitrogen and oxygen atoms in total. The molecular formula is C13H16FN5O. The van der Waals surface area contributed by atoms with Gasteiger partial charge in [-0.15, -0.1) is 5.10 Å². The summed E-state index contributed by atoms with van der Waals surface area (Å²) < 4.78 is 21.2. The van der Waals surface area contributed by atoms with E-state index in [-0.39, 0.29) is 12.1 Å². The van der Waals surface area contributed by atoms with Gasteiger partial charge in [-0.3, -0.25) is 0 Å². The lowest BCUT2D eigenvalue weighted by Gasteiger charge is -2.19. The molecule has 2 unspecified atom stereocenters. The van der Waals surface area contributed by atoms with Gasteiger partial charge in [0, 0.05) is 12.3 Å². The Morgan fingerprint density at radius 2 is 2.35 bits per heavy atom. The van der Waals surface area contributed by atoms with E-state index < -0.39 is 5.82 Å². The quantitative estimate of drug-likeness (QED) is 0.865. The van der Waals surface area contributed by atoms with Crippen LogP contribution in [0.4, 0.5) is 10.1 Å². The summed E-state index contributed by atoms with van der Waals surface area (Å²) in [6, 6.07) is 4.32. The number of halogens is 1. The van der Waals surface area contributed by atoms with Crippen LogP contribution in [0.5, 0.6) is 0 Å². The Balaban J connectivity index is 1.99. The predicted molar refractivity (Wildman–Crippen MR) is 71.3 cm³/mol. The Morgan fingerprint density at radius 1 is 1.50 bits per heavy atom. The molecule has 3 rings (SSSR count). The van der Waals surface area contributed by atoms with Gasteiger partial charge in [-0.2, -0.15) is 0 Å². The highest BCUT2D eigenvalue weighted by Gasteiger charge is 2.27. The Morgan fingerprint density at radius 3 is 3.10 bits per heavy atom. The zero-order chi connectivity index (χ0) is 14.1. The lowest BCUT2D eigenvalue weighted by molar-refractivity contribution is 0.0690. The lowest BCUT2D eigenvalue weighted by atomic mass is 10.1. The molecule has 7 heteroatoms. The van der Waals surface area contributed by atoms with Crippen LogP contribution in [0.25, 0.3) is 11.4 Å².